The van der Waals surface area contributed by atoms with Gasteiger partial charge in [-0.05, 0) is 30.0 Å². The Morgan fingerprint density at radius 3 is 2.45 bits per heavy atom. The topological polar surface area (TPSA) is 0 Å². The van der Waals surface area contributed by atoms with Crippen molar-refractivity contribution >= 4 is 15.9 Å². The Kier molecular flexibility index (Phi) is 2.72. The molecule has 0 aromatic heterocycles. The molecule has 0 nitrogen and oxygen atoms in total. The lowest BCUT2D eigenvalue weighted by Gasteiger charge is -2.09. The second-order valence-corrected chi connectivity index (χ2v) is 3.82. The average Bonchev–Trinajstić information content (AvgIpc) is 1.94. The third-order valence-electron chi connectivity index (χ3n) is 1.78. The summed E-state index contributed by atoms with van der Waals surface area (Å²) < 4.78 is 1.10. The van der Waals surface area contributed by atoms with Gasteiger partial charge in [-0.1, -0.05) is 41.9 Å². The van der Waals surface area contributed by atoms with Crippen molar-refractivity contribution in [3.8, 4) is 0 Å². The summed E-state index contributed by atoms with van der Waals surface area (Å²) in [6.45, 7) is 8.35. The molecule has 0 atom stereocenters. The van der Waals surface area contributed by atoms with Gasteiger partial charge in [0.2, 0.25) is 0 Å². The zero-order valence-corrected chi connectivity index (χ0v) is 8.48. The van der Waals surface area contributed by atoms with Crippen LogP contribution in [0.25, 0.3) is 0 Å². The van der Waals surface area contributed by atoms with Gasteiger partial charge in [0.05, 0.1) is 0 Å². The molecule has 0 N–H and O–H groups in total. The Morgan fingerprint density at radius 2 is 2.00 bits per heavy atom. The lowest BCUT2D eigenvalue weighted by Crippen LogP contribution is -1.91. The van der Waals surface area contributed by atoms with Crippen LogP contribution in [-0.4, -0.2) is 0 Å². The van der Waals surface area contributed by atoms with E-state index in [-0.39, 0.29) is 0 Å². The van der Waals surface area contributed by atoms with E-state index in [0.29, 0.717) is 5.92 Å². The van der Waals surface area contributed by atoms with Gasteiger partial charge in [-0.2, -0.15) is 0 Å². The molecule has 11 heavy (non-hydrogen) atoms. The molecule has 1 rings (SSSR count). The number of rotatable bonds is 1. The van der Waals surface area contributed by atoms with Crippen molar-refractivity contribution in [2.45, 2.75) is 19.8 Å². The molecular formula is C10H12Br. The van der Waals surface area contributed by atoms with Crippen molar-refractivity contribution in [3.05, 3.63) is 40.7 Å². The normalized spacial score (nSPS) is 10.6. The first-order chi connectivity index (χ1) is 5.13. The molecule has 0 aliphatic carbocycles. The Bertz CT molecular complexity index is 251. The van der Waals surface area contributed by atoms with Gasteiger partial charge in [0.1, 0.15) is 0 Å². The molecular weight excluding hydrogens is 200 g/mol. The van der Waals surface area contributed by atoms with Gasteiger partial charge in [0.15, 0.2) is 0 Å². The van der Waals surface area contributed by atoms with E-state index < -0.39 is 0 Å². The van der Waals surface area contributed by atoms with Gasteiger partial charge in [0, 0.05) is 4.47 Å². The first-order valence-electron chi connectivity index (χ1n) is 3.73. The van der Waals surface area contributed by atoms with Crippen molar-refractivity contribution in [2.75, 3.05) is 0 Å². The monoisotopic (exact) mass is 211 g/mol. The van der Waals surface area contributed by atoms with Crippen LogP contribution < -0.4 is 0 Å². The fourth-order valence-corrected chi connectivity index (χ4v) is 1.50. The Balaban J connectivity index is 3.17. The second-order valence-electron chi connectivity index (χ2n) is 2.96. The summed E-state index contributed by atoms with van der Waals surface area (Å²) in [5.41, 5.74) is 2.43. The summed E-state index contributed by atoms with van der Waals surface area (Å²) in [6.07, 6.45) is 0. The highest BCUT2D eigenvalue weighted by Crippen LogP contribution is 2.24. The number of hydrogen-bond donors (Lipinski definition) is 0. The van der Waals surface area contributed by atoms with E-state index in [1.165, 1.54) is 5.56 Å². The first-order valence-corrected chi connectivity index (χ1v) is 4.52. The summed E-state index contributed by atoms with van der Waals surface area (Å²) in [6, 6.07) is 6.19. The number of hydrogen-bond acceptors (Lipinski definition) is 0. The van der Waals surface area contributed by atoms with Gasteiger partial charge in [-0.25, -0.2) is 0 Å². The average molecular weight is 212 g/mol. The molecule has 0 aliphatic heterocycles. The van der Waals surface area contributed by atoms with E-state index >= 15 is 0 Å². The van der Waals surface area contributed by atoms with Crippen LogP contribution in [0.3, 0.4) is 0 Å². The van der Waals surface area contributed by atoms with Gasteiger partial charge in [0.25, 0.3) is 0 Å². The van der Waals surface area contributed by atoms with Crippen molar-refractivity contribution in [3.63, 3.8) is 0 Å². The molecule has 0 fully saturated rings. The van der Waals surface area contributed by atoms with E-state index in [9.17, 15) is 0 Å². The van der Waals surface area contributed by atoms with Crippen molar-refractivity contribution in [2.24, 2.45) is 0 Å². The molecule has 59 valence electrons. The standard InChI is InChI=1S/C10H12Br/c1-7(2)9-5-4-6-10(11)8(9)3/h4-7H,3H2,1-2H3. The maximum atomic E-state index is 3.99. The van der Waals surface area contributed by atoms with Gasteiger partial charge < -0.3 is 0 Å². The molecule has 0 saturated heterocycles. The minimum absolute atomic E-state index is 0.556. The lowest BCUT2D eigenvalue weighted by atomic mass is 9.98. The molecule has 0 amide bonds. The summed E-state index contributed by atoms with van der Waals surface area (Å²) >= 11 is 3.45. The van der Waals surface area contributed by atoms with Crippen LogP contribution in [0, 0.1) is 6.92 Å². The Hall–Kier alpha value is -0.300. The molecule has 0 saturated carbocycles. The van der Waals surface area contributed by atoms with Crippen molar-refractivity contribution in [1.82, 2.24) is 0 Å². The largest absolute Gasteiger partial charge is 0.0608 e. The van der Waals surface area contributed by atoms with Crippen LogP contribution in [0.4, 0.5) is 0 Å². The molecule has 0 spiro atoms. The summed E-state index contributed by atoms with van der Waals surface area (Å²) in [5.74, 6) is 0.556. The SMILES string of the molecule is [CH2]c1c(Br)cccc1C(C)C. The van der Waals surface area contributed by atoms with E-state index in [1.54, 1.807) is 0 Å². The van der Waals surface area contributed by atoms with Crippen LogP contribution in [0.15, 0.2) is 22.7 Å². The lowest BCUT2D eigenvalue weighted by molar-refractivity contribution is 0.860. The van der Waals surface area contributed by atoms with Crippen LogP contribution >= 0.6 is 15.9 Å². The van der Waals surface area contributed by atoms with Crippen LogP contribution in [0.1, 0.15) is 30.9 Å². The van der Waals surface area contributed by atoms with E-state index in [1.807, 2.05) is 12.1 Å². The predicted octanol–water partition coefficient (Wildman–Crippen LogP) is 3.75. The molecule has 1 radical (unpaired) electrons. The second kappa shape index (κ2) is 3.40. The minimum atomic E-state index is 0.556. The molecule has 0 aliphatic rings. The van der Waals surface area contributed by atoms with Crippen LogP contribution in [-0.2, 0) is 0 Å². The molecule has 1 heteroatoms. The molecule has 1 aromatic carbocycles. The van der Waals surface area contributed by atoms with Crippen molar-refractivity contribution in [1.29, 1.82) is 0 Å². The molecule has 0 bridgehead atoms. The Labute approximate surface area is 76.8 Å². The zero-order valence-electron chi connectivity index (χ0n) is 6.89. The van der Waals surface area contributed by atoms with Crippen LogP contribution in [0.2, 0.25) is 0 Å². The van der Waals surface area contributed by atoms with E-state index in [0.717, 1.165) is 10.0 Å². The predicted molar refractivity (Wildman–Crippen MR) is 52.7 cm³/mol. The summed E-state index contributed by atoms with van der Waals surface area (Å²) in [7, 11) is 0. The molecule has 1 aromatic rings. The van der Waals surface area contributed by atoms with Gasteiger partial charge >= 0.3 is 0 Å². The smallest absolute Gasteiger partial charge is 0.0210 e. The highest BCUT2D eigenvalue weighted by molar-refractivity contribution is 9.10. The highest BCUT2D eigenvalue weighted by atomic mass is 79.9. The van der Waals surface area contributed by atoms with Crippen LogP contribution in [0.5, 0.6) is 0 Å². The molecule has 0 heterocycles. The van der Waals surface area contributed by atoms with E-state index in [2.05, 4.69) is 42.8 Å². The number of benzene rings is 1. The quantitative estimate of drug-likeness (QED) is 0.664. The maximum absolute atomic E-state index is 3.99. The Morgan fingerprint density at radius 1 is 1.36 bits per heavy atom. The van der Waals surface area contributed by atoms with E-state index in [4.69, 9.17) is 0 Å². The van der Waals surface area contributed by atoms with Gasteiger partial charge in [-0.3, -0.25) is 0 Å². The third kappa shape index (κ3) is 1.84. The summed E-state index contributed by atoms with van der Waals surface area (Å²) in [5, 5.41) is 0. The maximum Gasteiger partial charge on any atom is 0.0210 e. The third-order valence-corrected chi connectivity index (χ3v) is 2.52. The fourth-order valence-electron chi connectivity index (χ4n) is 1.12. The fraction of sp³-hybridized carbons (Fsp3) is 0.300. The zero-order chi connectivity index (χ0) is 8.43. The summed E-state index contributed by atoms with van der Waals surface area (Å²) in [4.78, 5) is 0. The van der Waals surface area contributed by atoms with Crippen molar-refractivity contribution < 1.29 is 0 Å². The van der Waals surface area contributed by atoms with Gasteiger partial charge in [-0.15, -0.1) is 0 Å². The first kappa shape index (κ1) is 8.79. The molecule has 0 unspecified atom stereocenters. The highest BCUT2D eigenvalue weighted by Gasteiger charge is 2.04. The number of halogens is 1. The minimum Gasteiger partial charge on any atom is -0.0608 e.